The summed E-state index contributed by atoms with van der Waals surface area (Å²) in [5.74, 6) is 1.72. The fraction of sp³-hybridized carbons (Fsp3) is 0.533. The first-order valence-corrected chi connectivity index (χ1v) is 6.20. The summed E-state index contributed by atoms with van der Waals surface area (Å²) in [4.78, 5) is 12.4. The van der Waals surface area contributed by atoms with Gasteiger partial charge in [0.25, 0.3) is 0 Å². The molecule has 1 heterocycles. The van der Waals surface area contributed by atoms with Gasteiger partial charge < -0.3 is 4.42 Å². The molecule has 3 atom stereocenters. The van der Waals surface area contributed by atoms with E-state index in [1.165, 1.54) is 0 Å². The number of allylic oxidation sites excluding steroid dienone is 1. The number of furan rings is 1. The Morgan fingerprint density at radius 3 is 2.88 bits per heavy atom. The van der Waals surface area contributed by atoms with Crippen LogP contribution >= 0.6 is 0 Å². The van der Waals surface area contributed by atoms with Crippen LogP contribution < -0.4 is 0 Å². The molecule has 0 radical (unpaired) electrons. The highest BCUT2D eigenvalue weighted by Gasteiger charge is 2.62. The third-order valence-corrected chi connectivity index (χ3v) is 5.48. The molecule has 1 fully saturated rings. The maximum absolute atomic E-state index is 12.4. The second kappa shape index (κ2) is 2.92. The van der Waals surface area contributed by atoms with Crippen LogP contribution in [0.25, 0.3) is 5.57 Å². The number of ketones is 1. The highest BCUT2D eigenvalue weighted by molar-refractivity contribution is 6.01. The van der Waals surface area contributed by atoms with Gasteiger partial charge in [0, 0.05) is 18.4 Å². The van der Waals surface area contributed by atoms with E-state index >= 15 is 0 Å². The van der Waals surface area contributed by atoms with Crippen molar-refractivity contribution in [3.05, 3.63) is 30.2 Å². The molecule has 2 aliphatic carbocycles. The van der Waals surface area contributed by atoms with Crippen molar-refractivity contribution in [2.75, 3.05) is 0 Å². The van der Waals surface area contributed by atoms with Crippen LogP contribution in [0, 0.1) is 16.7 Å². The molecule has 0 saturated heterocycles. The van der Waals surface area contributed by atoms with Gasteiger partial charge in [-0.1, -0.05) is 20.4 Å². The molecule has 0 aromatic carbocycles. The predicted octanol–water partition coefficient (Wildman–Crippen LogP) is 3.47. The summed E-state index contributed by atoms with van der Waals surface area (Å²) >= 11 is 0. The van der Waals surface area contributed by atoms with Gasteiger partial charge in [0.1, 0.15) is 11.5 Å². The fourth-order valence-electron chi connectivity index (χ4n) is 3.73. The van der Waals surface area contributed by atoms with Gasteiger partial charge in [0.2, 0.25) is 0 Å². The summed E-state index contributed by atoms with van der Waals surface area (Å²) in [5, 5.41) is 0. The Balaban J connectivity index is 2.26. The molecule has 0 N–H and O–H groups in total. The van der Waals surface area contributed by atoms with E-state index in [0.717, 1.165) is 23.3 Å². The van der Waals surface area contributed by atoms with E-state index in [1.807, 2.05) is 6.07 Å². The van der Waals surface area contributed by atoms with E-state index in [4.69, 9.17) is 4.42 Å². The molecule has 2 heteroatoms. The van der Waals surface area contributed by atoms with E-state index in [-0.39, 0.29) is 5.41 Å². The SMILES string of the molecule is C=C1c2ccoc2CC2(C)C(C)CC(=O)C12C. The van der Waals surface area contributed by atoms with E-state index in [9.17, 15) is 4.79 Å². The van der Waals surface area contributed by atoms with Crippen LogP contribution in [0.4, 0.5) is 0 Å². The maximum atomic E-state index is 12.4. The fourth-order valence-corrected chi connectivity index (χ4v) is 3.73. The first-order valence-electron chi connectivity index (χ1n) is 6.20. The molecule has 1 saturated carbocycles. The number of hydrogen-bond acceptors (Lipinski definition) is 2. The zero-order chi connectivity index (χ0) is 12.4. The van der Waals surface area contributed by atoms with E-state index in [2.05, 4.69) is 27.4 Å². The van der Waals surface area contributed by atoms with Crippen molar-refractivity contribution < 1.29 is 9.21 Å². The largest absolute Gasteiger partial charge is 0.469 e. The van der Waals surface area contributed by atoms with Gasteiger partial charge >= 0.3 is 0 Å². The van der Waals surface area contributed by atoms with Gasteiger partial charge in [-0.05, 0) is 29.9 Å². The van der Waals surface area contributed by atoms with E-state index < -0.39 is 5.41 Å². The number of carbonyl (C=O) groups is 1. The lowest BCUT2D eigenvalue weighted by Gasteiger charge is -2.46. The van der Waals surface area contributed by atoms with E-state index in [1.54, 1.807) is 6.26 Å². The monoisotopic (exact) mass is 230 g/mol. The Hall–Kier alpha value is -1.31. The Morgan fingerprint density at radius 2 is 2.18 bits per heavy atom. The van der Waals surface area contributed by atoms with Crippen LogP contribution in [-0.2, 0) is 11.2 Å². The second-order valence-electron chi connectivity index (χ2n) is 5.98. The molecule has 0 aliphatic heterocycles. The van der Waals surface area contributed by atoms with Crippen molar-refractivity contribution in [1.82, 2.24) is 0 Å². The number of carbonyl (C=O) groups excluding carboxylic acids is 1. The van der Waals surface area contributed by atoms with Gasteiger partial charge in [0.05, 0.1) is 11.7 Å². The molecule has 0 spiro atoms. The van der Waals surface area contributed by atoms with Crippen molar-refractivity contribution in [2.45, 2.75) is 33.6 Å². The third-order valence-electron chi connectivity index (χ3n) is 5.48. The molecule has 3 unspecified atom stereocenters. The normalized spacial score (nSPS) is 40.3. The number of fused-ring (bicyclic) bond motifs is 2. The van der Waals surface area contributed by atoms with Gasteiger partial charge in [-0.3, -0.25) is 4.79 Å². The molecule has 2 nitrogen and oxygen atoms in total. The molecule has 0 amide bonds. The Morgan fingerprint density at radius 1 is 1.47 bits per heavy atom. The first-order chi connectivity index (χ1) is 7.91. The average molecular weight is 230 g/mol. The van der Waals surface area contributed by atoms with Crippen molar-refractivity contribution >= 4 is 11.4 Å². The van der Waals surface area contributed by atoms with Crippen LogP contribution in [0.3, 0.4) is 0 Å². The molecule has 1 aromatic heterocycles. The molecular formula is C15H18O2. The van der Waals surface area contributed by atoms with Gasteiger partial charge in [-0.15, -0.1) is 0 Å². The molecule has 90 valence electrons. The zero-order valence-electron chi connectivity index (χ0n) is 10.7. The topological polar surface area (TPSA) is 30.2 Å². The molecule has 0 bridgehead atoms. The highest BCUT2D eigenvalue weighted by atomic mass is 16.3. The minimum absolute atomic E-state index is 0.0496. The van der Waals surface area contributed by atoms with Gasteiger partial charge in [-0.2, -0.15) is 0 Å². The van der Waals surface area contributed by atoms with Crippen LogP contribution in [0.1, 0.15) is 38.5 Å². The number of hydrogen-bond donors (Lipinski definition) is 0. The summed E-state index contributed by atoms with van der Waals surface area (Å²) in [6, 6.07) is 1.94. The number of rotatable bonds is 0. The Bertz CT molecular complexity index is 525. The van der Waals surface area contributed by atoms with Crippen molar-refractivity contribution in [3.63, 3.8) is 0 Å². The summed E-state index contributed by atoms with van der Waals surface area (Å²) in [7, 11) is 0. The Labute approximate surface area is 102 Å². The van der Waals surface area contributed by atoms with Crippen molar-refractivity contribution in [3.8, 4) is 0 Å². The van der Waals surface area contributed by atoms with Crippen molar-refractivity contribution in [2.24, 2.45) is 16.7 Å². The molecular weight excluding hydrogens is 212 g/mol. The third kappa shape index (κ3) is 0.998. The quantitative estimate of drug-likeness (QED) is 0.683. The first kappa shape index (κ1) is 10.8. The van der Waals surface area contributed by atoms with Gasteiger partial charge in [-0.25, -0.2) is 0 Å². The van der Waals surface area contributed by atoms with Crippen LogP contribution in [-0.4, -0.2) is 5.78 Å². The predicted molar refractivity (Wildman–Crippen MR) is 66.4 cm³/mol. The van der Waals surface area contributed by atoms with E-state index in [0.29, 0.717) is 18.1 Å². The molecule has 2 aliphatic rings. The summed E-state index contributed by atoms with van der Waals surface area (Å²) in [6.07, 6.45) is 3.22. The van der Waals surface area contributed by atoms with Crippen LogP contribution in [0.15, 0.2) is 23.3 Å². The minimum Gasteiger partial charge on any atom is -0.469 e. The summed E-state index contributed by atoms with van der Waals surface area (Å²) in [5.41, 5.74) is 1.53. The lowest BCUT2D eigenvalue weighted by atomic mass is 9.55. The van der Waals surface area contributed by atoms with Crippen LogP contribution in [0.2, 0.25) is 0 Å². The number of Topliss-reactive ketones (excluding diaryl/α,β-unsaturated/α-hetero) is 1. The minimum atomic E-state index is -0.413. The summed E-state index contributed by atoms with van der Waals surface area (Å²) in [6.45, 7) is 10.6. The average Bonchev–Trinajstić information content (AvgIpc) is 2.78. The van der Waals surface area contributed by atoms with Crippen molar-refractivity contribution in [1.29, 1.82) is 0 Å². The highest BCUT2D eigenvalue weighted by Crippen LogP contribution is 2.63. The molecule has 3 rings (SSSR count). The standard InChI is InChI=1S/C15H18O2/c1-9-7-13(16)15(4)10(2)11-5-6-17-12(11)8-14(9,15)3/h5-6,9H,2,7-8H2,1,3-4H3. The maximum Gasteiger partial charge on any atom is 0.143 e. The van der Waals surface area contributed by atoms with Gasteiger partial charge in [0.15, 0.2) is 0 Å². The second-order valence-corrected chi connectivity index (χ2v) is 5.98. The Kier molecular flexibility index (Phi) is 1.86. The molecule has 17 heavy (non-hydrogen) atoms. The molecule has 1 aromatic rings. The smallest absolute Gasteiger partial charge is 0.143 e. The van der Waals surface area contributed by atoms with Crippen LogP contribution in [0.5, 0.6) is 0 Å². The zero-order valence-corrected chi connectivity index (χ0v) is 10.7. The summed E-state index contributed by atoms with van der Waals surface area (Å²) < 4.78 is 5.56. The lowest BCUT2D eigenvalue weighted by Crippen LogP contribution is -2.44. The lowest BCUT2D eigenvalue weighted by molar-refractivity contribution is -0.125.